The summed E-state index contributed by atoms with van der Waals surface area (Å²) in [5.41, 5.74) is 1.51. The average Bonchev–Trinajstić information content (AvgIpc) is 2.49. The molecule has 0 aromatic heterocycles. The highest BCUT2D eigenvalue weighted by atomic mass is 35.5. The zero-order valence-electron chi connectivity index (χ0n) is 11.7. The third-order valence-corrected chi connectivity index (χ3v) is 4.83. The van der Waals surface area contributed by atoms with Gasteiger partial charge in [0.05, 0.1) is 5.75 Å². The number of nitrogens with one attached hydrogen (secondary N) is 1. The summed E-state index contributed by atoms with van der Waals surface area (Å²) in [6.07, 6.45) is 0.201. The van der Waals surface area contributed by atoms with Crippen LogP contribution in [0, 0.1) is 0 Å². The maximum atomic E-state index is 12.0. The summed E-state index contributed by atoms with van der Waals surface area (Å²) in [4.78, 5) is 11.8. The predicted molar refractivity (Wildman–Crippen MR) is 92.9 cm³/mol. The lowest BCUT2D eigenvalue weighted by Crippen LogP contribution is -2.15. The summed E-state index contributed by atoms with van der Waals surface area (Å²) >= 11 is 11.9. The van der Waals surface area contributed by atoms with Crippen molar-refractivity contribution in [3.05, 3.63) is 64.1 Å². The van der Waals surface area contributed by atoms with Crippen LogP contribution in [0.3, 0.4) is 0 Å². The zero-order chi connectivity index (χ0) is 15.9. The zero-order valence-corrected chi connectivity index (χ0v) is 14.0. The van der Waals surface area contributed by atoms with Crippen LogP contribution in [0.4, 0.5) is 5.69 Å². The van der Waals surface area contributed by atoms with E-state index in [0.29, 0.717) is 15.8 Å². The molecule has 0 heterocycles. The van der Waals surface area contributed by atoms with Gasteiger partial charge in [0.25, 0.3) is 0 Å². The molecule has 6 heteroatoms. The van der Waals surface area contributed by atoms with Crippen LogP contribution in [0.5, 0.6) is 0 Å². The Bertz CT molecular complexity index is 677. The number of hydrogen-bond acceptors (Lipinski definition) is 2. The van der Waals surface area contributed by atoms with Crippen molar-refractivity contribution in [2.75, 3.05) is 11.1 Å². The lowest BCUT2D eigenvalue weighted by Gasteiger charge is -2.06. The SMILES string of the molecule is O=C(CC[S@@](=O)Cc1ccc(Cl)cc1Cl)Nc1ccccc1. The molecule has 1 atom stereocenters. The van der Waals surface area contributed by atoms with Gasteiger partial charge in [0, 0.05) is 38.7 Å². The number of halogens is 2. The molecule has 2 aromatic rings. The largest absolute Gasteiger partial charge is 0.326 e. The number of amides is 1. The highest BCUT2D eigenvalue weighted by Crippen LogP contribution is 2.22. The van der Waals surface area contributed by atoms with Crippen molar-refractivity contribution >= 4 is 45.6 Å². The van der Waals surface area contributed by atoms with Gasteiger partial charge in [-0.2, -0.15) is 0 Å². The molecule has 22 heavy (non-hydrogen) atoms. The Hall–Kier alpha value is -1.36. The minimum atomic E-state index is -1.15. The molecule has 0 radical (unpaired) electrons. The van der Waals surface area contributed by atoms with Crippen LogP contribution in [0.15, 0.2) is 48.5 Å². The minimum absolute atomic E-state index is 0.151. The summed E-state index contributed by atoms with van der Waals surface area (Å²) in [6, 6.07) is 14.3. The Labute approximate surface area is 142 Å². The first kappa shape index (κ1) is 17.0. The highest BCUT2D eigenvalue weighted by Gasteiger charge is 2.09. The van der Waals surface area contributed by atoms with E-state index >= 15 is 0 Å². The normalized spacial score (nSPS) is 11.9. The quantitative estimate of drug-likeness (QED) is 0.840. The molecule has 0 saturated carbocycles. The molecular formula is C16H15Cl2NO2S. The number of rotatable bonds is 6. The van der Waals surface area contributed by atoms with E-state index in [9.17, 15) is 9.00 Å². The van der Waals surface area contributed by atoms with E-state index in [2.05, 4.69) is 5.32 Å². The lowest BCUT2D eigenvalue weighted by molar-refractivity contribution is -0.115. The Morgan fingerprint density at radius 3 is 2.50 bits per heavy atom. The number of hydrogen-bond donors (Lipinski definition) is 1. The van der Waals surface area contributed by atoms with Gasteiger partial charge in [-0.1, -0.05) is 47.5 Å². The molecule has 0 aliphatic carbocycles. The summed E-state index contributed by atoms with van der Waals surface area (Å²) in [6.45, 7) is 0. The maximum absolute atomic E-state index is 12.0. The van der Waals surface area contributed by atoms with Crippen molar-refractivity contribution < 1.29 is 9.00 Å². The van der Waals surface area contributed by atoms with Crippen LogP contribution in [0.1, 0.15) is 12.0 Å². The second-order valence-electron chi connectivity index (χ2n) is 4.69. The van der Waals surface area contributed by atoms with E-state index in [1.807, 2.05) is 30.3 Å². The van der Waals surface area contributed by atoms with Crippen LogP contribution in [-0.4, -0.2) is 15.9 Å². The fourth-order valence-corrected chi connectivity index (χ4v) is 3.55. The van der Waals surface area contributed by atoms with E-state index in [1.54, 1.807) is 18.2 Å². The van der Waals surface area contributed by atoms with E-state index in [1.165, 1.54) is 0 Å². The van der Waals surface area contributed by atoms with Crippen molar-refractivity contribution in [2.24, 2.45) is 0 Å². The predicted octanol–water partition coefficient (Wildman–Crippen LogP) is 4.27. The Kier molecular flexibility index (Phi) is 6.43. The molecule has 1 N–H and O–H groups in total. The molecule has 2 rings (SSSR count). The molecule has 2 aromatic carbocycles. The van der Waals surface area contributed by atoms with Gasteiger partial charge >= 0.3 is 0 Å². The van der Waals surface area contributed by atoms with Crippen LogP contribution < -0.4 is 5.32 Å². The average molecular weight is 356 g/mol. The Morgan fingerprint density at radius 2 is 1.82 bits per heavy atom. The van der Waals surface area contributed by atoms with E-state index in [0.717, 1.165) is 11.3 Å². The Morgan fingerprint density at radius 1 is 1.09 bits per heavy atom. The molecule has 1 amide bonds. The standard InChI is InChI=1S/C16H15Cl2NO2S/c17-13-7-6-12(15(18)10-13)11-22(21)9-8-16(20)19-14-4-2-1-3-5-14/h1-7,10H,8-9,11H2,(H,19,20)/t22-/m1/s1. The van der Waals surface area contributed by atoms with E-state index in [4.69, 9.17) is 23.2 Å². The first-order valence-corrected chi connectivity index (χ1v) is 8.93. The summed E-state index contributed by atoms with van der Waals surface area (Å²) < 4.78 is 12.0. The summed E-state index contributed by atoms with van der Waals surface area (Å²) in [5, 5.41) is 3.80. The maximum Gasteiger partial charge on any atom is 0.225 e. The van der Waals surface area contributed by atoms with Gasteiger partial charge in [-0.25, -0.2) is 0 Å². The van der Waals surface area contributed by atoms with Crippen LogP contribution in [0.25, 0.3) is 0 Å². The fraction of sp³-hybridized carbons (Fsp3) is 0.188. The number of carbonyl (C=O) groups is 1. The summed E-state index contributed by atoms with van der Waals surface area (Å²) in [5.74, 6) is 0.452. The summed E-state index contributed by atoms with van der Waals surface area (Å²) in [7, 11) is -1.15. The Balaban J connectivity index is 1.81. The molecule has 0 aliphatic heterocycles. The third kappa shape index (κ3) is 5.44. The number of para-hydroxylation sites is 1. The van der Waals surface area contributed by atoms with Crippen LogP contribution in [-0.2, 0) is 21.3 Å². The van der Waals surface area contributed by atoms with Crippen LogP contribution >= 0.6 is 23.2 Å². The fourth-order valence-electron chi connectivity index (χ4n) is 1.84. The first-order valence-electron chi connectivity index (χ1n) is 6.68. The molecule has 0 spiro atoms. The van der Waals surface area contributed by atoms with Gasteiger partial charge in [0.15, 0.2) is 0 Å². The van der Waals surface area contributed by atoms with Crippen molar-refractivity contribution in [3.63, 3.8) is 0 Å². The molecule has 0 aliphatic rings. The number of benzene rings is 2. The third-order valence-electron chi connectivity index (χ3n) is 2.95. The molecule has 3 nitrogen and oxygen atoms in total. The first-order chi connectivity index (χ1) is 10.5. The van der Waals surface area contributed by atoms with Gasteiger partial charge < -0.3 is 5.32 Å². The topological polar surface area (TPSA) is 46.2 Å². The van der Waals surface area contributed by atoms with Gasteiger partial charge in [0.1, 0.15) is 0 Å². The molecule has 0 saturated heterocycles. The van der Waals surface area contributed by atoms with Gasteiger partial charge in [0.2, 0.25) is 5.91 Å². The number of anilines is 1. The lowest BCUT2D eigenvalue weighted by atomic mass is 10.2. The molecule has 0 bridgehead atoms. The molecule has 116 valence electrons. The van der Waals surface area contributed by atoms with Crippen molar-refractivity contribution in [3.8, 4) is 0 Å². The van der Waals surface area contributed by atoms with Gasteiger partial charge in [-0.05, 0) is 29.8 Å². The van der Waals surface area contributed by atoms with E-state index in [-0.39, 0.29) is 18.1 Å². The smallest absolute Gasteiger partial charge is 0.225 e. The molecule has 0 fully saturated rings. The number of carbonyl (C=O) groups excluding carboxylic acids is 1. The monoisotopic (exact) mass is 355 g/mol. The highest BCUT2D eigenvalue weighted by molar-refractivity contribution is 7.84. The van der Waals surface area contributed by atoms with Crippen molar-refractivity contribution in [1.82, 2.24) is 0 Å². The minimum Gasteiger partial charge on any atom is -0.326 e. The van der Waals surface area contributed by atoms with Crippen LogP contribution in [0.2, 0.25) is 10.0 Å². The van der Waals surface area contributed by atoms with Gasteiger partial charge in [-0.15, -0.1) is 0 Å². The van der Waals surface area contributed by atoms with Crippen molar-refractivity contribution in [2.45, 2.75) is 12.2 Å². The second kappa shape index (κ2) is 8.32. The molecular weight excluding hydrogens is 341 g/mol. The van der Waals surface area contributed by atoms with Crippen molar-refractivity contribution in [1.29, 1.82) is 0 Å². The van der Waals surface area contributed by atoms with E-state index < -0.39 is 10.8 Å². The molecule has 0 unspecified atom stereocenters. The second-order valence-corrected chi connectivity index (χ2v) is 7.11. The van der Waals surface area contributed by atoms with Gasteiger partial charge in [-0.3, -0.25) is 9.00 Å².